The molecular formula is C35H38Br2O5S2. The Morgan fingerprint density at radius 3 is 1.41 bits per heavy atom. The Bertz CT molecular complexity index is 1570. The third kappa shape index (κ3) is 9.64. The third-order valence-electron chi connectivity index (χ3n) is 6.60. The van der Waals surface area contributed by atoms with E-state index in [1.54, 1.807) is 50.2 Å². The first kappa shape index (κ1) is 37.5. The Kier molecular flexibility index (Phi) is 15.1. The summed E-state index contributed by atoms with van der Waals surface area (Å²) in [5.41, 5.74) is 5.27. The predicted molar refractivity (Wildman–Crippen MR) is 190 cm³/mol. The van der Waals surface area contributed by atoms with Crippen molar-refractivity contribution in [2.75, 3.05) is 24.9 Å². The highest BCUT2D eigenvalue weighted by Crippen LogP contribution is 2.32. The molecule has 4 aromatic carbocycles. The average molecular weight is 763 g/mol. The number of benzene rings is 4. The van der Waals surface area contributed by atoms with Crippen molar-refractivity contribution >= 4 is 66.0 Å². The Labute approximate surface area is 284 Å². The van der Waals surface area contributed by atoms with E-state index in [9.17, 15) is 13.8 Å². The van der Waals surface area contributed by atoms with E-state index in [1.807, 2.05) is 64.1 Å². The highest BCUT2D eigenvalue weighted by Gasteiger charge is 2.16. The number of alkyl halides is 2. The number of Topliss-reactive ketones (excluding diaryl/α,β-unsaturated/α-hetero) is 2. The lowest BCUT2D eigenvalue weighted by atomic mass is 10.00. The molecule has 4 aromatic rings. The molecule has 0 aliphatic rings. The van der Waals surface area contributed by atoms with Crippen LogP contribution in [-0.4, -0.2) is 40.7 Å². The highest BCUT2D eigenvalue weighted by atomic mass is 79.9. The molecule has 0 amide bonds. The number of ether oxygens (including phenoxy) is 2. The monoisotopic (exact) mass is 760 g/mol. The summed E-state index contributed by atoms with van der Waals surface area (Å²) < 4.78 is 22.9. The molecule has 44 heavy (non-hydrogen) atoms. The summed E-state index contributed by atoms with van der Waals surface area (Å²) in [4.78, 5) is 27.6. The van der Waals surface area contributed by atoms with E-state index in [0.717, 1.165) is 49.1 Å². The molecule has 0 bridgehead atoms. The fourth-order valence-electron chi connectivity index (χ4n) is 4.64. The Morgan fingerprint density at radius 1 is 0.636 bits per heavy atom. The molecule has 0 aliphatic carbocycles. The minimum absolute atomic E-state index is 0. The van der Waals surface area contributed by atoms with Gasteiger partial charge in [-0.1, -0.05) is 51.0 Å². The van der Waals surface area contributed by atoms with E-state index >= 15 is 0 Å². The summed E-state index contributed by atoms with van der Waals surface area (Å²) in [6.07, 6.45) is 0. The quantitative estimate of drug-likeness (QED) is 0.118. The molecule has 5 nitrogen and oxygen atoms in total. The van der Waals surface area contributed by atoms with Crippen LogP contribution in [0.4, 0.5) is 0 Å². The van der Waals surface area contributed by atoms with Crippen molar-refractivity contribution in [3.05, 3.63) is 106 Å². The van der Waals surface area contributed by atoms with Gasteiger partial charge in [-0.2, -0.15) is 0 Å². The number of hydrogen-bond donors (Lipinski definition) is 0. The van der Waals surface area contributed by atoms with Crippen LogP contribution < -0.4 is 9.47 Å². The lowest BCUT2D eigenvalue weighted by molar-refractivity contribution is 0.101. The molecule has 4 rings (SSSR count). The van der Waals surface area contributed by atoms with Gasteiger partial charge in [-0.3, -0.25) is 9.59 Å². The Hall–Kier alpha value is -2.72. The number of hydrogen-bond acceptors (Lipinski definition) is 6. The number of rotatable bonds is 10. The van der Waals surface area contributed by atoms with Crippen LogP contribution >= 0.6 is 43.6 Å². The largest absolute Gasteiger partial charge is 0.497 e. The van der Waals surface area contributed by atoms with Crippen LogP contribution in [0.1, 0.15) is 50.4 Å². The van der Waals surface area contributed by atoms with Crippen molar-refractivity contribution in [2.45, 2.75) is 54.7 Å². The van der Waals surface area contributed by atoms with Gasteiger partial charge in [0.25, 0.3) is 0 Å². The van der Waals surface area contributed by atoms with E-state index in [-0.39, 0.29) is 24.3 Å². The second-order valence-corrected chi connectivity index (χ2v) is 13.4. The summed E-state index contributed by atoms with van der Waals surface area (Å²) in [6.45, 7) is 7.72. The van der Waals surface area contributed by atoms with E-state index in [1.165, 1.54) is 0 Å². The molecule has 0 saturated carbocycles. The van der Waals surface area contributed by atoms with Gasteiger partial charge in [-0.15, -0.1) is 0 Å². The first-order chi connectivity index (χ1) is 20.5. The molecule has 0 saturated heterocycles. The van der Waals surface area contributed by atoms with Gasteiger partial charge in [0.05, 0.1) is 35.7 Å². The fourth-order valence-corrected chi connectivity index (χ4v) is 7.44. The molecule has 234 valence electrons. The molecule has 0 fully saturated rings. The van der Waals surface area contributed by atoms with Crippen LogP contribution in [0.15, 0.2) is 92.4 Å². The molecule has 0 N–H and O–H groups in total. The summed E-state index contributed by atoms with van der Waals surface area (Å²) >= 11 is 8.12. The van der Waals surface area contributed by atoms with Gasteiger partial charge in [-0.05, 0) is 123 Å². The number of halogens is 2. The van der Waals surface area contributed by atoms with Gasteiger partial charge >= 0.3 is 0 Å². The number of ketones is 2. The normalized spacial score (nSPS) is 11.0. The minimum atomic E-state index is -1.28. The van der Waals surface area contributed by atoms with Gasteiger partial charge in [0, 0.05) is 30.7 Å². The van der Waals surface area contributed by atoms with Crippen molar-refractivity contribution in [3.63, 3.8) is 0 Å². The molecule has 0 spiro atoms. The lowest BCUT2D eigenvalue weighted by Gasteiger charge is -2.11. The Morgan fingerprint density at radius 2 is 1.02 bits per heavy atom. The summed E-state index contributed by atoms with van der Waals surface area (Å²) in [6, 6.07) is 22.9. The van der Waals surface area contributed by atoms with Crippen LogP contribution in [0.5, 0.6) is 11.5 Å². The Balaban J connectivity index is 0.000000300. The molecule has 1 unspecified atom stereocenters. The van der Waals surface area contributed by atoms with Gasteiger partial charge < -0.3 is 9.47 Å². The van der Waals surface area contributed by atoms with Gasteiger partial charge in [-0.25, -0.2) is 4.21 Å². The lowest BCUT2D eigenvalue weighted by Crippen LogP contribution is -2.07. The maximum absolute atomic E-state index is 12.7. The standard InChI is InChI=1S/C17H17BrO3S.C17H17BrO2S.CH4/c1-11-8-15(9-12(2)17(11)16(19)10-18)22(20)14-6-4-13(21-3)5-7-14;1-11-8-15(9-12(2)17(11)16(19)10-18)21-14-6-4-13(20-3)5-7-14;/h4-9H,10H2,1-3H3;4-9H,10H2,1-3H3;1H4. The van der Waals surface area contributed by atoms with Crippen molar-refractivity contribution in [2.24, 2.45) is 0 Å². The van der Waals surface area contributed by atoms with Crippen LogP contribution in [0.25, 0.3) is 0 Å². The third-order valence-corrected chi connectivity index (χ3v) is 9.96. The molecule has 0 heterocycles. The molecular weight excluding hydrogens is 724 g/mol. The minimum Gasteiger partial charge on any atom is -0.497 e. The maximum Gasteiger partial charge on any atom is 0.173 e. The van der Waals surface area contributed by atoms with Crippen molar-refractivity contribution < 1.29 is 23.3 Å². The second-order valence-electron chi connectivity index (χ2n) is 9.70. The van der Waals surface area contributed by atoms with Gasteiger partial charge in [0.2, 0.25) is 0 Å². The predicted octanol–water partition coefficient (Wildman–Crippen LogP) is 9.73. The summed E-state index contributed by atoms with van der Waals surface area (Å²) in [7, 11) is 1.98. The number of methoxy groups -OCH3 is 2. The number of carbonyl (C=O) groups is 2. The zero-order chi connectivity index (χ0) is 31.7. The summed E-state index contributed by atoms with van der Waals surface area (Å²) in [5.74, 6) is 1.75. The van der Waals surface area contributed by atoms with Crippen LogP contribution in [0, 0.1) is 27.7 Å². The fraction of sp³-hybridized carbons (Fsp3) is 0.257. The molecule has 0 aliphatic heterocycles. The van der Waals surface area contributed by atoms with Crippen molar-refractivity contribution in [1.82, 2.24) is 0 Å². The van der Waals surface area contributed by atoms with Crippen LogP contribution in [0.2, 0.25) is 0 Å². The zero-order valence-electron chi connectivity index (χ0n) is 25.0. The van der Waals surface area contributed by atoms with Crippen molar-refractivity contribution in [1.29, 1.82) is 0 Å². The highest BCUT2D eigenvalue weighted by molar-refractivity contribution is 9.09. The number of aryl methyl sites for hydroxylation is 4. The topological polar surface area (TPSA) is 69.7 Å². The smallest absolute Gasteiger partial charge is 0.173 e. The number of carbonyl (C=O) groups excluding carboxylic acids is 2. The van der Waals surface area contributed by atoms with E-state index < -0.39 is 10.8 Å². The second kappa shape index (κ2) is 17.7. The first-order valence-corrected chi connectivity index (χ1v) is 17.5. The van der Waals surface area contributed by atoms with Crippen molar-refractivity contribution in [3.8, 4) is 11.5 Å². The van der Waals surface area contributed by atoms with Crippen LogP contribution in [-0.2, 0) is 10.8 Å². The van der Waals surface area contributed by atoms with Gasteiger partial charge in [0.15, 0.2) is 11.6 Å². The van der Waals surface area contributed by atoms with E-state index in [4.69, 9.17) is 9.47 Å². The zero-order valence-corrected chi connectivity index (χ0v) is 29.8. The van der Waals surface area contributed by atoms with E-state index in [2.05, 4.69) is 44.0 Å². The maximum atomic E-state index is 12.7. The molecule has 0 aromatic heterocycles. The van der Waals surface area contributed by atoms with E-state index in [0.29, 0.717) is 20.7 Å². The first-order valence-electron chi connectivity index (χ1n) is 13.3. The molecule has 1 atom stereocenters. The molecule has 0 radical (unpaired) electrons. The summed E-state index contributed by atoms with van der Waals surface area (Å²) in [5, 5.41) is 0.648. The molecule has 9 heteroatoms. The van der Waals surface area contributed by atoms with Gasteiger partial charge in [0.1, 0.15) is 11.5 Å². The van der Waals surface area contributed by atoms with Crippen LogP contribution in [0.3, 0.4) is 0 Å². The SMILES string of the molecule is C.COc1ccc(S(=O)c2cc(C)c(C(=O)CBr)c(C)c2)cc1.COc1ccc(Sc2cc(C)c(C(=O)CBr)c(C)c2)cc1. The average Bonchev–Trinajstić information content (AvgIpc) is 3.00.